The summed E-state index contributed by atoms with van der Waals surface area (Å²) in [6, 6.07) is 0. The molecule has 1 amide bonds. The summed E-state index contributed by atoms with van der Waals surface area (Å²) in [7, 11) is -4.77. The van der Waals surface area contributed by atoms with Crippen LogP contribution in [0, 0.1) is 6.92 Å². The number of amides is 1. The quantitative estimate of drug-likeness (QED) is 0.786. The third-order valence-corrected chi connectivity index (χ3v) is 5.63. The summed E-state index contributed by atoms with van der Waals surface area (Å²) in [5.74, 6) is -0.0270. The van der Waals surface area contributed by atoms with Crippen molar-refractivity contribution in [2.75, 3.05) is 18.6 Å². The first-order valence-electron chi connectivity index (χ1n) is 4.92. The van der Waals surface area contributed by atoms with E-state index in [1.54, 1.807) is 6.26 Å². The molecule has 1 unspecified atom stereocenters. The first-order valence-corrected chi connectivity index (χ1v) is 9.08. The number of hydrogen-bond donors (Lipinski definition) is 2. The molecule has 102 valence electrons. The van der Waals surface area contributed by atoms with Gasteiger partial charge in [0.15, 0.2) is 0 Å². The van der Waals surface area contributed by atoms with E-state index in [-0.39, 0.29) is 22.2 Å². The molecule has 0 radical (unpaired) electrons. The second-order valence-electron chi connectivity index (χ2n) is 3.64. The molecule has 0 spiro atoms. The Labute approximate surface area is 112 Å². The van der Waals surface area contributed by atoms with Gasteiger partial charge >= 0.3 is 0 Å². The monoisotopic (exact) mass is 310 g/mol. The van der Waals surface area contributed by atoms with Crippen LogP contribution in [0.25, 0.3) is 0 Å². The Bertz CT molecular complexity index is 577. The lowest BCUT2D eigenvalue weighted by Crippen LogP contribution is -2.27. The minimum atomic E-state index is -3.79. The average molecular weight is 310 g/mol. The number of hydrogen-bond acceptors (Lipinski definition) is 5. The second-order valence-corrected chi connectivity index (χ2v) is 7.83. The Morgan fingerprint density at radius 2 is 2.17 bits per heavy atom. The van der Waals surface area contributed by atoms with E-state index in [0.29, 0.717) is 11.3 Å². The number of rotatable bonds is 5. The molecule has 0 saturated heterocycles. The lowest BCUT2D eigenvalue weighted by molar-refractivity contribution is 0.0956. The number of carbonyl (C=O) groups excluding carboxylic acids is 1. The molecule has 0 aliphatic rings. The topological polar surface area (TPSA) is 106 Å². The van der Waals surface area contributed by atoms with Gasteiger partial charge in [0.2, 0.25) is 10.0 Å². The van der Waals surface area contributed by atoms with Crippen LogP contribution >= 0.6 is 11.3 Å². The summed E-state index contributed by atoms with van der Waals surface area (Å²) >= 11 is 0.917. The molecule has 1 aromatic heterocycles. The molecule has 0 aliphatic carbocycles. The minimum absolute atomic E-state index is 0.00767. The Hall–Kier alpha value is -0.770. The molecule has 18 heavy (non-hydrogen) atoms. The van der Waals surface area contributed by atoms with Gasteiger partial charge in [0, 0.05) is 34.7 Å². The molecule has 1 rings (SSSR count). The zero-order chi connectivity index (χ0) is 13.9. The molecule has 6 nitrogen and oxygen atoms in total. The highest BCUT2D eigenvalue weighted by Crippen LogP contribution is 2.25. The first-order chi connectivity index (χ1) is 8.23. The maximum atomic E-state index is 11.7. The van der Waals surface area contributed by atoms with Gasteiger partial charge in [-0.05, 0) is 12.5 Å². The van der Waals surface area contributed by atoms with Gasteiger partial charge in [-0.15, -0.1) is 11.3 Å². The summed E-state index contributed by atoms with van der Waals surface area (Å²) in [5.41, 5.74) is 0.628. The predicted octanol–water partition coefficient (Wildman–Crippen LogP) is -0.188. The van der Waals surface area contributed by atoms with E-state index in [1.807, 2.05) is 0 Å². The number of thiophene rings is 1. The Balaban J connectivity index is 2.82. The van der Waals surface area contributed by atoms with Crippen LogP contribution in [0.1, 0.15) is 15.9 Å². The molecule has 9 heteroatoms. The molecular formula is C9H14N2O4S3. The number of sulfonamides is 1. The van der Waals surface area contributed by atoms with Crippen molar-refractivity contribution in [2.45, 2.75) is 11.1 Å². The van der Waals surface area contributed by atoms with Crippen LogP contribution in [0.5, 0.6) is 0 Å². The second kappa shape index (κ2) is 5.91. The molecule has 3 N–H and O–H groups in total. The van der Waals surface area contributed by atoms with Crippen molar-refractivity contribution in [3.8, 4) is 0 Å². The first kappa shape index (κ1) is 15.3. The lowest BCUT2D eigenvalue weighted by atomic mass is 10.2. The number of carbonyl (C=O) groups is 1. The summed E-state index contributed by atoms with van der Waals surface area (Å²) in [5, 5.41) is 9.05. The SMILES string of the molecule is Cc1c(C(=O)NCCS(C)=O)csc1S(N)(=O)=O. The van der Waals surface area contributed by atoms with Crippen molar-refractivity contribution in [3.05, 3.63) is 16.5 Å². The number of nitrogens with two attached hydrogens (primary N) is 1. The van der Waals surface area contributed by atoms with Crippen molar-refractivity contribution >= 4 is 38.1 Å². The van der Waals surface area contributed by atoms with E-state index in [2.05, 4.69) is 5.32 Å². The Morgan fingerprint density at radius 1 is 1.56 bits per heavy atom. The maximum absolute atomic E-state index is 11.7. The summed E-state index contributed by atoms with van der Waals surface area (Å²) in [6.45, 7) is 1.81. The lowest BCUT2D eigenvalue weighted by Gasteiger charge is -2.03. The van der Waals surface area contributed by atoms with Crippen LogP contribution in [0.15, 0.2) is 9.59 Å². The van der Waals surface area contributed by atoms with Crippen LogP contribution in [0.4, 0.5) is 0 Å². The van der Waals surface area contributed by atoms with E-state index in [9.17, 15) is 17.4 Å². The molecule has 1 heterocycles. The van der Waals surface area contributed by atoms with Crippen LogP contribution in [-0.2, 0) is 20.8 Å². The summed E-state index contributed by atoms with van der Waals surface area (Å²) in [4.78, 5) is 11.7. The standard InChI is InChI=1S/C9H14N2O4S3/c1-6-7(5-16-9(6)18(10,14)15)8(12)11-3-4-17(2)13/h5H,3-4H2,1-2H3,(H,11,12)(H2,10,14,15). The highest BCUT2D eigenvalue weighted by Gasteiger charge is 2.20. The zero-order valence-corrected chi connectivity index (χ0v) is 12.4. The molecule has 0 aromatic carbocycles. The van der Waals surface area contributed by atoms with Crippen molar-refractivity contribution in [2.24, 2.45) is 5.14 Å². The summed E-state index contributed by atoms with van der Waals surface area (Å²) in [6.07, 6.45) is 1.54. The fourth-order valence-corrected chi connectivity index (χ4v) is 3.71. The van der Waals surface area contributed by atoms with Gasteiger partial charge in [0.1, 0.15) is 4.21 Å². The maximum Gasteiger partial charge on any atom is 0.252 e. The number of primary sulfonamides is 1. The van der Waals surface area contributed by atoms with E-state index in [4.69, 9.17) is 5.14 Å². The fourth-order valence-electron chi connectivity index (χ4n) is 1.31. The zero-order valence-electron chi connectivity index (χ0n) is 9.93. The van der Waals surface area contributed by atoms with Gasteiger partial charge in [-0.25, -0.2) is 13.6 Å². The summed E-state index contributed by atoms with van der Waals surface area (Å²) < 4.78 is 33.2. The average Bonchev–Trinajstić information content (AvgIpc) is 2.58. The van der Waals surface area contributed by atoms with Crippen molar-refractivity contribution in [1.29, 1.82) is 0 Å². The van der Waals surface area contributed by atoms with Gasteiger partial charge in [-0.3, -0.25) is 9.00 Å². The van der Waals surface area contributed by atoms with Crippen molar-refractivity contribution < 1.29 is 17.4 Å². The predicted molar refractivity (Wildman–Crippen MR) is 71.7 cm³/mol. The van der Waals surface area contributed by atoms with Gasteiger partial charge in [0.05, 0.1) is 5.56 Å². The smallest absolute Gasteiger partial charge is 0.252 e. The fraction of sp³-hybridized carbons (Fsp3) is 0.444. The van der Waals surface area contributed by atoms with E-state index in [1.165, 1.54) is 12.3 Å². The van der Waals surface area contributed by atoms with Crippen LogP contribution < -0.4 is 10.5 Å². The highest BCUT2D eigenvalue weighted by molar-refractivity contribution is 7.91. The highest BCUT2D eigenvalue weighted by atomic mass is 32.2. The van der Waals surface area contributed by atoms with E-state index >= 15 is 0 Å². The Morgan fingerprint density at radius 3 is 2.61 bits per heavy atom. The molecule has 1 aromatic rings. The van der Waals surface area contributed by atoms with E-state index in [0.717, 1.165) is 11.3 Å². The molecular weight excluding hydrogens is 296 g/mol. The van der Waals surface area contributed by atoms with Gasteiger partial charge in [0.25, 0.3) is 5.91 Å². The normalized spacial score (nSPS) is 13.3. The molecule has 1 atom stereocenters. The van der Waals surface area contributed by atoms with Crippen molar-refractivity contribution in [3.63, 3.8) is 0 Å². The van der Waals surface area contributed by atoms with E-state index < -0.39 is 20.8 Å². The van der Waals surface area contributed by atoms with Crippen LogP contribution in [0.2, 0.25) is 0 Å². The number of nitrogens with one attached hydrogen (secondary N) is 1. The minimum Gasteiger partial charge on any atom is -0.351 e. The van der Waals surface area contributed by atoms with Gasteiger partial charge < -0.3 is 5.32 Å². The molecule has 0 bridgehead atoms. The van der Waals surface area contributed by atoms with Gasteiger partial charge in [-0.1, -0.05) is 0 Å². The molecule has 0 aliphatic heterocycles. The molecule has 0 fully saturated rings. The Kier molecular flexibility index (Phi) is 5.02. The largest absolute Gasteiger partial charge is 0.351 e. The van der Waals surface area contributed by atoms with Crippen LogP contribution in [0.3, 0.4) is 0 Å². The third kappa shape index (κ3) is 3.87. The van der Waals surface area contributed by atoms with Gasteiger partial charge in [-0.2, -0.15) is 0 Å². The van der Waals surface area contributed by atoms with Crippen molar-refractivity contribution in [1.82, 2.24) is 5.32 Å². The molecule has 0 saturated carbocycles. The van der Waals surface area contributed by atoms with Crippen LogP contribution in [-0.4, -0.2) is 37.1 Å². The third-order valence-electron chi connectivity index (χ3n) is 2.17.